The zero-order chi connectivity index (χ0) is 15.8. The number of likely N-dealkylation sites (N-methyl/N-ethyl adjacent to an activating group) is 3. The fourth-order valence-electron chi connectivity index (χ4n) is 1.93. The zero-order valence-corrected chi connectivity index (χ0v) is 12.8. The van der Waals surface area contributed by atoms with Crippen LogP contribution in [0.4, 0.5) is 0 Å². The van der Waals surface area contributed by atoms with Gasteiger partial charge < -0.3 is 16.0 Å². The summed E-state index contributed by atoms with van der Waals surface area (Å²) in [5.41, 5.74) is -1.68. The van der Waals surface area contributed by atoms with Crippen LogP contribution < -0.4 is 33.0 Å². The first-order valence-corrected chi connectivity index (χ1v) is 6.96. The number of rotatable bonds is 9. The molecule has 3 N–H and O–H groups in total. The van der Waals surface area contributed by atoms with Crippen LogP contribution in [0.5, 0.6) is 0 Å². The van der Waals surface area contributed by atoms with Gasteiger partial charge in [0.05, 0.1) is 0 Å². The van der Waals surface area contributed by atoms with Gasteiger partial charge in [0.1, 0.15) is 0 Å². The van der Waals surface area contributed by atoms with Gasteiger partial charge in [0.15, 0.2) is 0 Å². The highest BCUT2D eigenvalue weighted by Gasteiger charge is 2.14. The first-order valence-electron chi connectivity index (χ1n) is 6.96. The van der Waals surface area contributed by atoms with Crippen molar-refractivity contribution in [1.29, 1.82) is 0 Å². The van der Waals surface area contributed by atoms with Crippen LogP contribution in [0.15, 0.2) is 14.4 Å². The summed E-state index contributed by atoms with van der Waals surface area (Å²) in [4.78, 5) is 36.9. The van der Waals surface area contributed by atoms with Crippen molar-refractivity contribution in [1.82, 2.24) is 29.7 Å². The Bertz CT molecular complexity index is 499. The summed E-state index contributed by atoms with van der Waals surface area (Å²) in [5, 5.41) is 8.67. The van der Waals surface area contributed by atoms with Gasteiger partial charge in [-0.1, -0.05) is 0 Å². The summed E-state index contributed by atoms with van der Waals surface area (Å²) in [6.45, 7) is 2.12. The van der Waals surface area contributed by atoms with Gasteiger partial charge >= 0.3 is 17.1 Å². The molecule has 0 radical (unpaired) electrons. The second kappa shape index (κ2) is 8.55. The van der Waals surface area contributed by atoms with E-state index < -0.39 is 17.1 Å². The number of nitrogens with zero attached hydrogens (tertiary/aromatic N) is 3. The second-order valence-corrected chi connectivity index (χ2v) is 4.61. The number of hydrogen-bond donors (Lipinski definition) is 3. The lowest BCUT2D eigenvalue weighted by molar-refractivity contribution is 0.435. The van der Waals surface area contributed by atoms with E-state index in [1.807, 2.05) is 0 Å². The molecule has 0 atom stereocenters. The first-order chi connectivity index (χ1) is 10.1. The highest BCUT2D eigenvalue weighted by molar-refractivity contribution is 4.80. The minimum absolute atomic E-state index is 0.230. The average molecular weight is 300 g/mol. The van der Waals surface area contributed by atoms with Crippen molar-refractivity contribution >= 4 is 0 Å². The monoisotopic (exact) mass is 300 g/mol. The lowest BCUT2D eigenvalue weighted by atomic mass is 10.5. The molecule has 21 heavy (non-hydrogen) atoms. The molecule has 0 aliphatic rings. The standard InChI is InChI=1S/C12H24N6O3/c1-13-4-7-16-10(19)17(8-5-14-2)12(21)18(11(16)20)9-6-15-3/h13-15H,4-9H2,1-3H3. The summed E-state index contributed by atoms with van der Waals surface area (Å²) in [6, 6.07) is 0. The molecular weight excluding hydrogens is 276 g/mol. The van der Waals surface area contributed by atoms with Crippen molar-refractivity contribution in [2.24, 2.45) is 0 Å². The molecular formula is C12H24N6O3. The SMILES string of the molecule is CNCCn1c(=O)n(CCNC)c(=O)n(CCNC)c1=O. The van der Waals surface area contributed by atoms with Crippen molar-refractivity contribution in [3.05, 3.63) is 31.5 Å². The Morgan fingerprint density at radius 3 is 1.05 bits per heavy atom. The summed E-state index contributed by atoms with van der Waals surface area (Å²) < 4.78 is 3.30. The number of hydrogen-bond acceptors (Lipinski definition) is 6. The molecule has 9 nitrogen and oxygen atoms in total. The molecule has 0 aliphatic carbocycles. The van der Waals surface area contributed by atoms with Gasteiger partial charge in [-0.2, -0.15) is 0 Å². The van der Waals surface area contributed by atoms with Crippen LogP contribution in [0.2, 0.25) is 0 Å². The van der Waals surface area contributed by atoms with E-state index >= 15 is 0 Å². The Labute approximate surface area is 122 Å². The molecule has 0 saturated heterocycles. The Kier molecular flexibility index (Phi) is 7.06. The maximum Gasteiger partial charge on any atom is 0.336 e. The number of nitrogens with one attached hydrogen (secondary N) is 3. The van der Waals surface area contributed by atoms with E-state index in [2.05, 4.69) is 16.0 Å². The molecule has 1 aromatic rings. The zero-order valence-electron chi connectivity index (χ0n) is 12.8. The minimum Gasteiger partial charge on any atom is -0.318 e. The van der Waals surface area contributed by atoms with Gasteiger partial charge in [-0.05, 0) is 21.1 Å². The van der Waals surface area contributed by atoms with E-state index in [4.69, 9.17) is 0 Å². The molecule has 0 bridgehead atoms. The van der Waals surface area contributed by atoms with E-state index in [0.29, 0.717) is 19.6 Å². The predicted octanol–water partition coefficient (Wildman–Crippen LogP) is -3.17. The topological polar surface area (TPSA) is 102 Å². The fraction of sp³-hybridized carbons (Fsp3) is 0.750. The van der Waals surface area contributed by atoms with Crippen LogP contribution in [0.1, 0.15) is 0 Å². The van der Waals surface area contributed by atoms with Crippen molar-refractivity contribution < 1.29 is 0 Å². The van der Waals surface area contributed by atoms with Crippen LogP contribution in [0.3, 0.4) is 0 Å². The quantitative estimate of drug-likeness (QED) is 0.445. The summed E-state index contributed by atoms with van der Waals surface area (Å²) in [7, 11) is 5.21. The van der Waals surface area contributed by atoms with Crippen molar-refractivity contribution in [2.75, 3.05) is 40.8 Å². The van der Waals surface area contributed by atoms with Crippen LogP contribution in [-0.4, -0.2) is 54.5 Å². The Morgan fingerprint density at radius 1 is 0.619 bits per heavy atom. The lowest BCUT2D eigenvalue weighted by Gasteiger charge is -2.13. The lowest BCUT2D eigenvalue weighted by Crippen LogP contribution is -2.56. The Hall–Kier alpha value is -1.71. The van der Waals surface area contributed by atoms with Crippen molar-refractivity contribution in [3.8, 4) is 0 Å². The van der Waals surface area contributed by atoms with Gasteiger partial charge in [0, 0.05) is 39.3 Å². The van der Waals surface area contributed by atoms with E-state index in [1.165, 1.54) is 0 Å². The molecule has 9 heteroatoms. The molecule has 0 saturated carbocycles. The highest BCUT2D eigenvalue weighted by atomic mass is 16.2. The molecule has 0 aliphatic heterocycles. The van der Waals surface area contributed by atoms with Crippen molar-refractivity contribution in [3.63, 3.8) is 0 Å². The van der Waals surface area contributed by atoms with Gasteiger partial charge in [-0.15, -0.1) is 0 Å². The maximum absolute atomic E-state index is 12.3. The third-order valence-electron chi connectivity index (χ3n) is 3.14. The molecule has 120 valence electrons. The van der Waals surface area contributed by atoms with E-state index in [0.717, 1.165) is 13.7 Å². The van der Waals surface area contributed by atoms with Crippen LogP contribution in [0, 0.1) is 0 Å². The normalized spacial score (nSPS) is 11.0. The van der Waals surface area contributed by atoms with Gasteiger partial charge in [0.25, 0.3) is 0 Å². The molecule has 0 fully saturated rings. The highest BCUT2D eigenvalue weighted by Crippen LogP contribution is 1.77. The third kappa shape index (κ3) is 4.13. The molecule has 1 aromatic heterocycles. The predicted molar refractivity (Wildman–Crippen MR) is 81.0 cm³/mol. The summed E-state index contributed by atoms with van der Waals surface area (Å²) in [6.07, 6.45) is 0. The van der Waals surface area contributed by atoms with Gasteiger partial charge in [0.2, 0.25) is 0 Å². The van der Waals surface area contributed by atoms with E-state index in [1.54, 1.807) is 21.1 Å². The smallest absolute Gasteiger partial charge is 0.318 e. The van der Waals surface area contributed by atoms with Crippen LogP contribution in [0.25, 0.3) is 0 Å². The van der Waals surface area contributed by atoms with E-state index in [9.17, 15) is 14.4 Å². The van der Waals surface area contributed by atoms with Crippen LogP contribution in [-0.2, 0) is 19.6 Å². The Morgan fingerprint density at radius 2 is 0.857 bits per heavy atom. The molecule has 0 amide bonds. The fourth-order valence-corrected chi connectivity index (χ4v) is 1.93. The van der Waals surface area contributed by atoms with Crippen LogP contribution >= 0.6 is 0 Å². The average Bonchev–Trinajstić information content (AvgIpc) is 2.47. The van der Waals surface area contributed by atoms with E-state index in [-0.39, 0.29) is 19.6 Å². The molecule has 0 unspecified atom stereocenters. The Balaban J connectivity index is 3.39. The van der Waals surface area contributed by atoms with Crippen molar-refractivity contribution in [2.45, 2.75) is 19.6 Å². The number of aromatic nitrogens is 3. The molecule has 1 rings (SSSR count). The van der Waals surface area contributed by atoms with Gasteiger partial charge in [-0.25, -0.2) is 28.1 Å². The summed E-state index contributed by atoms with van der Waals surface area (Å²) in [5.74, 6) is 0. The first kappa shape index (κ1) is 17.3. The molecule has 0 aromatic carbocycles. The van der Waals surface area contributed by atoms with Gasteiger partial charge in [-0.3, -0.25) is 0 Å². The third-order valence-corrected chi connectivity index (χ3v) is 3.14. The second-order valence-electron chi connectivity index (χ2n) is 4.61. The maximum atomic E-state index is 12.3. The summed E-state index contributed by atoms with van der Waals surface area (Å²) >= 11 is 0. The molecule has 1 heterocycles. The largest absolute Gasteiger partial charge is 0.336 e. The molecule has 0 spiro atoms. The minimum atomic E-state index is -0.559.